The maximum Gasteiger partial charge on any atom is 0.318 e. The Balaban J connectivity index is 1.46. The molecule has 2 aliphatic heterocycles. The summed E-state index contributed by atoms with van der Waals surface area (Å²) in [5.41, 5.74) is 3.13. The number of carbonyl (C=O) groups is 1. The number of ether oxygens (including phenoxy) is 1. The number of likely N-dealkylation sites (N-methyl/N-ethyl adjacent to an activating group) is 1. The van der Waals surface area contributed by atoms with Crippen LogP contribution in [-0.4, -0.2) is 90.6 Å². The molecule has 38 heavy (non-hydrogen) atoms. The van der Waals surface area contributed by atoms with Crippen molar-refractivity contribution in [1.29, 1.82) is 0 Å². The number of fused-ring (bicyclic) bond motifs is 2. The van der Waals surface area contributed by atoms with Gasteiger partial charge in [-0.05, 0) is 45.0 Å². The Hall–Kier alpha value is -3.85. The number of aromatic hydroxyl groups is 1. The Morgan fingerprint density at radius 1 is 1.08 bits per heavy atom. The minimum Gasteiger partial charge on any atom is -0.508 e. The van der Waals surface area contributed by atoms with Crippen molar-refractivity contribution in [3.05, 3.63) is 59.9 Å². The van der Waals surface area contributed by atoms with E-state index in [1.807, 2.05) is 44.6 Å². The zero-order valence-corrected chi connectivity index (χ0v) is 22.4. The summed E-state index contributed by atoms with van der Waals surface area (Å²) in [5.74, 6) is 1.21. The van der Waals surface area contributed by atoms with Crippen LogP contribution in [0.1, 0.15) is 18.2 Å². The minimum atomic E-state index is 0.224. The second kappa shape index (κ2) is 11.3. The standard InChI is InChI=1S/C29H36N6O3/c1-21(32(2)3)20-38-29-30-26-19-35(27-18-23(37)17-22-7-4-5-8-24(22)27)11-9-25(26)28(31-29)34-14-12-33(13-15-34)10-6-16-36/h4-8,10,16-18,21,37H,9,11-15,19-20H2,1-3H3/t21-/m1/s1. The Labute approximate surface area is 223 Å². The molecule has 1 aromatic heterocycles. The molecule has 0 unspecified atom stereocenters. The molecule has 3 aromatic rings. The lowest BCUT2D eigenvalue weighted by molar-refractivity contribution is -0.104. The lowest BCUT2D eigenvalue weighted by Crippen LogP contribution is -2.45. The molecule has 5 rings (SSSR count). The first-order valence-electron chi connectivity index (χ1n) is 13.2. The van der Waals surface area contributed by atoms with Gasteiger partial charge in [-0.2, -0.15) is 9.97 Å². The van der Waals surface area contributed by atoms with Crippen LogP contribution in [0.2, 0.25) is 0 Å². The Kier molecular flexibility index (Phi) is 7.64. The number of phenolic OH excluding ortho intramolecular Hbond substituents is 1. The number of hydrogen-bond donors (Lipinski definition) is 1. The predicted octanol–water partition coefficient (Wildman–Crippen LogP) is 3.06. The van der Waals surface area contributed by atoms with E-state index in [2.05, 4.69) is 32.6 Å². The maximum absolute atomic E-state index is 10.7. The number of nitrogens with zero attached hydrogens (tertiary/aromatic N) is 6. The Morgan fingerprint density at radius 2 is 1.87 bits per heavy atom. The van der Waals surface area contributed by atoms with Gasteiger partial charge in [0.1, 0.15) is 24.5 Å². The van der Waals surface area contributed by atoms with E-state index in [0.29, 0.717) is 19.2 Å². The third-order valence-electron chi connectivity index (χ3n) is 7.51. The number of aromatic nitrogens is 2. The molecule has 1 N–H and O–H groups in total. The first kappa shape index (κ1) is 25.8. The van der Waals surface area contributed by atoms with Gasteiger partial charge in [0.15, 0.2) is 0 Å². The topological polar surface area (TPSA) is 85.3 Å². The second-order valence-corrected chi connectivity index (χ2v) is 10.2. The molecule has 0 bridgehead atoms. The van der Waals surface area contributed by atoms with Crippen molar-refractivity contribution in [2.75, 3.05) is 63.2 Å². The van der Waals surface area contributed by atoms with Crippen LogP contribution in [0.3, 0.4) is 0 Å². The molecule has 0 aliphatic carbocycles. The van der Waals surface area contributed by atoms with Crippen LogP contribution >= 0.6 is 0 Å². The molecule has 1 fully saturated rings. The van der Waals surface area contributed by atoms with Gasteiger partial charge < -0.3 is 29.4 Å². The van der Waals surface area contributed by atoms with Gasteiger partial charge in [0.2, 0.25) is 0 Å². The molecule has 0 amide bonds. The fraction of sp³-hybridized carbons (Fsp3) is 0.414. The van der Waals surface area contributed by atoms with Crippen molar-refractivity contribution in [1.82, 2.24) is 19.8 Å². The van der Waals surface area contributed by atoms with Crippen molar-refractivity contribution >= 4 is 28.6 Å². The summed E-state index contributed by atoms with van der Waals surface area (Å²) in [6.45, 7) is 7.27. The minimum absolute atomic E-state index is 0.224. The number of rotatable bonds is 8. The van der Waals surface area contributed by atoms with Crippen LogP contribution < -0.4 is 14.5 Å². The van der Waals surface area contributed by atoms with E-state index in [4.69, 9.17) is 14.7 Å². The first-order chi connectivity index (χ1) is 18.4. The van der Waals surface area contributed by atoms with E-state index in [0.717, 1.165) is 79.0 Å². The lowest BCUT2D eigenvalue weighted by Gasteiger charge is -2.38. The van der Waals surface area contributed by atoms with Crippen molar-refractivity contribution in [3.63, 3.8) is 0 Å². The van der Waals surface area contributed by atoms with E-state index in [1.165, 1.54) is 0 Å². The van der Waals surface area contributed by atoms with Gasteiger partial charge in [-0.25, -0.2) is 0 Å². The smallest absolute Gasteiger partial charge is 0.318 e. The number of allylic oxidation sites excluding steroid dienone is 1. The molecule has 0 saturated carbocycles. The summed E-state index contributed by atoms with van der Waals surface area (Å²) in [4.78, 5) is 29.4. The van der Waals surface area contributed by atoms with Gasteiger partial charge in [0.25, 0.3) is 0 Å². The van der Waals surface area contributed by atoms with Gasteiger partial charge in [-0.3, -0.25) is 4.79 Å². The number of aldehydes is 1. The van der Waals surface area contributed by atoms with Crippen molar-refractivity contribution in [3.8, 4) is 11.8 Å². The molecule has 1 saturated heterocycles. The fourth-order valence-corrected chi connectivity index (χ4v) is 5.04. The van der Waals surface area contributed by atoms with Gasteiger partial charge in [-0.15, -0.1) is 0 Å². The average molecular weight is 517 g/mol. The monoisotopic (exact) mass is 516 g/mol. The summed E-state index contributed by atoms with van der Waals surface area (Å²) >= 11 is 0. The van der Waals surface area contributed by atoms with Gasteiger partial charge in [-0.1, -0.05) is 24.3 Å². The second-order valence-electron chi connectivity index (χ2n) is 10.2. The molecule has 200 valence electrons. The van der Waals surface area contributed by atoms with E-state index in [9.17, 15) is 9.90 Å². The largest absolute Gasteiger partial charge is 0.508 e. The van der Waals surface area contributed by atoms with E-state index >= 15 is 0 Å². The normalized spacial score (nSPS) is 16.8. The third-order valence-corrected chi connectivity index (χ3v) is 7.51. The summed E-state index contributed by atoms with van der Waals surface area (Å²) in [7, 11) is 4.06. The van der Waals surface area contributed by atoms with E-state index in [-0.39, 0.29) is 11.8 Å². The highest BCUT2D eigenvalue weighted by Gasteiger charge is 2.28. The van der Waals surface area contributed by atoms with E-state index in [1.54, 1.807) is 12.1 Å². The number of hydrogen-bond acceptors (Lipinski definition) is 9. The van der Waals surface area contributed by atoms with Gasteiger partial charge in [0, 0.05) is 67.7 Å². The number of anilines is 2. The van der Waals surface area contributed by atoms with E-state index < -0.39 is 0 Å². The molecule has 1 atom stereocenters. The number of phenols is 1. The fourth-order valence-electron chi connectivity index (χ4n) is 5.04. The Morgan fingerprint density at radius 3 is 2.63 bits per heavy atom. The van der Waals surface area contributed by atoms with Crippen LogP contribution in [0.25, 0.3) is 10.8 Å². The summed E-state index contributed by atoms with van der Waals surface area (Å²) in [5, 5.41) is 12.6. The number of benzene rings is 2. The highest BCUT2D eigenvalue weighted by atomic mass is 16.5. The summed E-state index contributed by atoms with van der Waals surface area (Å²) < 4.78 is 6.12. The quantitative estimate of drug-likeness (QED) is 0.359. The predicted molar refractivity (Wildman–Crippen MR) is 150 cm³/mol. The van der Waals surface area contributed by atoms with Crippen LogP contribution in [-0.2, 0) is 17.8 Å². The molecular weight excluding hydrogens is 480 g/mol. The molecule has 9 nitrogen and oxygen atoms in total. The van der Waals surface area contributed by atoms with Crippen LogP contribution in [0, 0.1) is 0 Å². The SMILES string of the molecule is C[C@H](COc1nc2c(c(N3CCN(C=CC=O)CC3)n1)CCN(c1cc(O)cc3ccccc13)C2)N(C)C. The number of piperazine rings is 1. The molecule has 3 heterocycles. The van der Waals surface area contributed by atoms with Crippen LogP contribution in [0.4, 0.5) is 11.5 Å². The lowest BCUT2D eigenvalue weighted by atomic mass is 10.0. The van der Waals surface area contributed by atoms with Crippen LogP contribution in [0.5, 0.6) is 11.8 Å². The molecule has 0 radical (unpaired) electrons. The zero-order valence-electron chi connectivity index (χ0n) is 22.4. The van der Waals surface area contributed by atoms with Crippen molar-refractivity contribution in [2.45, 2.75) is 25.9 Å². The molecular formula is C29H36N6O3. The van der Waals surface area contributed by atoms with Crippen molar-refractivity contribution < 1.29 is 14.6 Å². The van der Waals surface area contributed by atoms with Gasteiger partial charge in [0.05, 0.1) is 12.2 Å². The van der Waals surface area contributed by atoms with Gasteiger partial charge >= 0.3 is 6.01 Å². The highest BCUT2D eigenvalue weighted by molar-refractivity contribution is 5.95. The van der Waals surface area contributed by atoms with Crippen LogP contribution in [0.15, 0.2) is 48.7 Å². The zero-order chi connectivity index (χ0) is 26.6. The molecule has 0 spiro atoms. The van der Waals surface area contributed by atoms with Crippen molar-refractivity contribution in [2.24, 2.45) is 0 Å². The molecule has 9 heteroatoms. The third kappa shape index (κ3) is 5.52. The molecule has 2 aliphatic rings. The highest BCUT2D eigenvalue weighted by Crippen LogP contribution is 2.36. The number of carbonyl (C=O) groups excluding carboxylic acids is 1. The summed E-state index contributed by atoms with van der Waals surface area (Å²) in [6, 6.07) is 12.4. The summed E-state index contributed by atoms with van der Waals surface area (Å²) in [6.07, 6.45) is 5.01. The molecule has 2 aromatic carbocycles. The Bertz CT molecular complexity index is 1320. The maximum atomic E-state index is 10.7. The first-order valence-corrected chi connectivity index (χ1v) is 13.2. The average Bonchev–Trinajstić information content (AvgIpc) is 2.93.